The van der Waals surface area contributed by atoms with E-state index in [0.29, 0.717) is 37.5 Å². The fourth-order valence-corrected chi connectivity index (χ4v) is 4.19. The van der Waals surface area contributed by atoms with Crippen LogP contribution < -0.4 is 4.74 Å². The Hall–Kier alpha value is -3.11. The van der Waals surface area contributed by atoms with Gasteiger partial charge in [0.05, 0.1) is 16.8 Å². The highest BCUT2D eigenvalue weighted by atomic mass is 32.1. The van der Waals surface area contributed by atoms with Gasteiger partial charge in [0.15, 0.2) is 0 Å². The lowest BCUT2D eigenvalue weighted by atomic mass is 10.1. The molecular weight excluding hydrogens is 476 g/mol. The third-order valence-corrected chi connectivity index (χ3v) is 6.06. The first-order valence-electron chi connectivity index (χ1n) is 10.8. The van der Waals surface area contributed by atoms with Crippen molar-refractivity contribution in [3.8, 4) is 11.5 Å². The molecule has 2 amide bonds. The van der Waals surface area contributed by atoms with Crippen LogP contribution in [0.1, 0.15) is 18.1 Å². The van der Waals surface area contributed by atoms with Crippen LogP contribution in [-0.4, -0.2) is 69.4 Å². The number of carbonyl (C=O) groups is 3. The maximum absolute atomic E-state index is 12.3. The predicted octanol–water partition coefficient (Wildman–Crippen LogP) is 3.57. The van der Waals surface area contributed by atoms with Crippen LogP contribution in [0.3, 0.4) is 0 Å². The molecular formula is C24H26N2O6S2. The van der Waals surface area contributed by atoms with E-state index >= 15 is 0 Å². The average Bonchev–Trinajstić information content (AvgIpc) is 3.18. The molecule has 1 N–H and O–H groups in total. The van der Waals surface area contributed by atoms with Crippen LogP contribution in [0.2, 0.25) is 0 Å². The molecule has 8 nitrogen and oxygen atoms in total. The SMILES string of the molecule is CCN1C(=O)OCC1Cc1ccc(Oc2ccc(CC(S)C(=O)N(C=S)CC(=O)O)cc2)cc1. The number of thiol groups is 1. The third-order valence-electron chi connectivity index (χ3n) is 5.40. The van der Waals surface area contributed by atoms with E-state index in [-0.39, 0.29) is 12.1 Å². The topological polar surface area (TPSA) is 96.4 Å². The zero-order valence-electron chi connectivity index (χ0n) is 18.6. The van der Waals surface area contributed by atoms with E-state index < -0.39 is 23.7 Å². The van der Waals surface area contributed by atoms with Gasteiger partial charge in [0.25, 0.3) is 0 Å². The Labute approximate surface area is 208 Å². The van der Waals surface area contributed by atoms with Crippen molar-refractivity contribution in [2.45, 2.75) is 31.1 Å². The number of thiocarbonyl (C=S) groups is 1. The number of carboxylic acids is 1. The summed E-state index contributed by atoms with van der Waals surface area (Å²) in [6.45, 7) is 2.47. The fourth-order valence-electron chi connectivity index (χ4n) is 3.66. The summed E-state index contributed by atoms with van der Waals surface area (Å²) in [6.07, 6.45) is 0.768. The van der Waals surface area contributed by atoms with Gasteiger partial charge in [0, 0.05) is 6.54 Å². The Bertz CT molecular complexity index is 1030. The normalized spacial score (nSPS) is 16.0. The van der Waals surface area contributed by atoms with Crippen molar-refractivity contribution in [3.05, 3.63) is 59.7 Å². The Morgan fingerprint density at radius 1 is 1.21 bits per heavy atom. The van der Waals surface area contributed by atoms with Gasteiger partial charge in [0.1, 0.15) is 24.7 Å². The van der Waals surface area contributed by atoms with E-state index in [2.05, 4.69) is 12.6 Å². The second-order valence-corrected chi connectivity index (χ2v) is 8.63. The fraction of sp³-hybridized carbons (Fsp3) is 0.333. The van der Waals surface area contributed by atoms with Crippen molar-refractivity contribution in [1.82, 2.24) is 9.80 Å². The molecule has 0 saturated carbocycles. The molecule has 1 aliphatic rings. The molecule has 1 saturated heterocycles. The van der Waals surface area contributed by atoms with Crippen LogP contribution in [-0.2, 0) is 27.2 Å². The molecule has 0 bridgehead atoms. The lowest BCUT2D eigenvalue weighted by Gasteiger charge is -2.19. The van der Waals surface area contributed by atoms with Gasteiger partial charge >= 0.3 is 12.1 Å². The van der Waals surface area contributed by atoms with Gasteiger partial charge in [-0.2, -0.15) is 12.6 Å². The number of cyclic esters (lactones) is 1. The highest BCUT2D eigenvalue weighted by Gasteiger charge is 2.31. The molecule has 10 heteroatoms. The van der Waals surface area contributed by atoms with Crippen LogP contribution in [0.15, 0.2) is 48.5 Å². The number of hydrogen-bond donors (Lipinski definition) is 2. The van der Waals surface area contributed by atoms with Crippen molar-refractivity contribution in [3.63, 3.8) is 0 Å². The van der Waals surface area contributed by atoms with E-state index in [1.807, 2.05) is 43.3 Å². The first-order chi connectivity index (χ1) is 16.3. The van der Waals surface area contributed by atoms with Crippen molar-refractivity contribution < 1.29 is 29.0 Å². The summed E-state index contributed by atoms with van der Waals surface area (Å²) in [5.41, 5.74) is 2.97. The number of carbonyl (C=O) groups excluding carboxylic acids is 2. The summed E-state index contributed by atoms with van der Waals surface area (Å²) >= 11 is 9.05. The zero-order chi connectivity index (χ0) is 24.7. The molecule has 0 aromatic heterocycles. The molecule has 34 heavy (non-hydrogen) atoms. The summed E-state index contributed by atoms with van der Waals surface area (Å²) in [6, 6.07) is 15.0. The maximum Gasteiger partial charge on any atom is 0.410 e. The van der Waals surface area contributed by atoms with E-state index in [9.17, 15) is 14.4 Å². The van der Waals surface area contributed by atoms with E-state index in [1.54, 1.807) is 17.0 Å². The predicted molar refractivity (Wildman–Crippen MR) is 134 cm³/mol. The summed E-state index contributed by atoms with van der Waals surface area (Å²) in [5, 5.41) is 8.16. The monoisotopic (exact) mass is 502 g/mol. The standard InChI is InChI=1S/C24H26N2O6S2/c1-2-26-18(14-31-24(26)30)11-16-3-7-19(8-4-16)32-20-9-5-17(6-10-20)12-21(34)23(29)25(15-33)13-22(27)28/h3-10,15,18,21,34H,2,11-14H2,1H3,(H,27,28). The first kappa shape index (κ1) is 25.5. The van der Waals surface area contributed by atoms with Gasteiger partial charge in [-0.3, -0.25) is 14.5 Å². The quantitative estimate of drug-likeness (QED) is 0.358. The largest absolute Gasteiger partial charge is 0.480 e. The summed E-state index contributed by atoms with van der Waals surface area (Å²) in [4.78, 5) is 37.6. The second kappa shape index (κ2) is 11.8. The Morgan fingerprint density at radius 2 is 1.79 bits per heavy atom. The van der Waals surface area contributed by atoms with Gasteiger partial charge in [-0.15, -0.1) is 0 Å². The summed E-state index contributed by atoms with van der Waals surface area (Å²) in [5.74, 6) is -0.293. The molecule has 1 fully saturated rings. The van der Waals surface area contributed by atoms with Crippen LogP contribution in [0.25, 0.3) is 0 Å². The van der Waals surface area contributed by atoms with Gasteiger partial charge < -0.3 is 19.5 Å². The molecule has 2 unspecified atom stereocenters. The number of nitrogens with zero attached hydrogens (tertiary/aromatic N) is 2. The zero-order valence-corrected chi connectivity index (χ0v) is 20.3. The van der Waals surface area contributed by atoms with Crippen molar-refractivity contribution in [1.29, 1.82) is 0 Å². The van der Waals surface area contributed by atoms with Gasteiger partial charge in [-0.1, -0.05) is 36.5 Å². The number of ether oxygens (including phenoxy) is 2. The first-order valence-corrected chi connectivity index (χ1v) is 11.7. The molecule has 0 radical (unpaired) electrons. The number of benzene rings is 2. The molecule has 2 atom stereocenters. The molecule has 3 rings (SSSR count). The van der Waals surface area contributed by atoms with Crippen LogP contribution >= 0.6 is 24.8 Å². The number of rotatable bonds is 11. The summed E-state index contributed by atoms with van der Waals surface area (Å²) in [7, 11) is 0. The number of aliphatic carboxylic acids is 1. The molecule has 2 aromatic rings. The average molecular weight is 503 g/mol. The van der Waals surface area contributed by atoms with E-state index in [4.69, 9.17) is 26.8 Å². The Morgan fingerprint density at radius 3 is 2.32 bits per heavy atom. The minimum atomic E-state index is -1.14. The molecule has 1 heterocycles. The smallest absolute Gasteiger partial charge is 0.410 e. The van der Waals surface area contributed by atoms with Gasteiger partial charge in [-0.25, -0.2) is 4.79 Å². The minimum Gasteiger partial charge on any atom is -0.480 e. The third kappa shape index (κ3) is 6.71. The molecule has 1 aliphatic heterocycles. The van der Waals surface area contributed by atoms with Crippen LogP contribution in [0.5, 0.6) is 11.5 Å². The molecule has 2 aromatic carbocycles. The number of hydrogen-bond acceptors (Lipinski definition) is 7. The van der Waals surface area contributed by atoms with Crippen molar-refractivity contribution in [2.75, 3.05) is 19.7 Å². The van der Waals surface area contributed by atoms with Gasteiger partial charge in [-0.05, 0) is 55.2 Å². The Kier molecular flexibility index (Phi) is 8.89. The lowest BCUT2D eigenvalue weighted by Crippen LogP contribution is -2.39. The van der Waals surface area contributed by atoms with E-state index in [0.717, 1.165) is 21.5 Å². The molecule has 0 spiro atoms. The lowest BCUT2D eigenvalue weighted by molar-refractivity contribution is -0.141. The molecule has 180 valence electrons. The maximum atomic E-state index is 12.3. The Balaban J connectivity index is 1.54. The van der Waals surface area contributed by atoms with Crippen LogP contribution in [0, 0.1) is 0 Å². The molecule has 0 aliphatic carbocycles. The number of likely N-dealkylation sites (N-methyl/N-ethyl adjacent to an activating group) is 1. The van der Waals surface area contributed by atoms with Crippen molar-refractivity contribution in [2.24, 2.45) is 0 Å². The number of amides is 2. The van der Waals surface area contributed by atoms with E-state index in [1.165, 1.54) is 0 Å². The second-order valence-electron chi connectivity index (χ2n) is 7.80. The number of carboxylic acid groups (broad SMARTS) is 1. The summed E-state index contributed by atoms with van der Waals surface area (Å²) < 4.78 is 11.0. The van der Waals surface area contributed by atoms with Gasteiger partial charge in [0.2, 0.25) is 5.91 Å². The highest BCUT2D eigenvalue weighted by Crippen LogP contribution is 2.24. The van der Waals surface area contributed by atoms with Crippen molar-refractivity contribution >= 4 is 48.3 Å². The highest BCUT2D eigenvalue weighted by molar-refractivity contribution is 7.81. The van der Waals surface area contributed by atoms with Crippen LogP contribution in [0.4, 0.5) is 4.79 Å². The minimum absolute atomic E-state index is 0.0412.